The van der Waals surface area contributed by atoms with Crippen molar-refractivity contribution < 1.29 is 23.5 Å². The maximum atomic E-state index is 14.4. The number of nitrogens with zero attached hydrogens (tertiary/aromatic N) is 2. The first-order valence-electron chi connectivity index (χ1n) is 11.5. The van der Waals surface area contributed by atoms with Gasteiger partial charge in [-0.15, -0.1) is 0 Å². The van der Waals surface area contributed by atoms with E-state index in [2.05, 4.69) is 17.1 Å². The van der Waals surface area contributed by atoms with Gasteiger partial charge in [0.2, 0.25) is 5.91 Å². The molecule has 0 spiro atoms. The fourth-order valence-corrected chi connectivity index (χ4v) is 4.19. The largest absolute Gasteiger partial charge is 0.491 e. The smallest absolute Gasteiger partial charge is 0.257 e. The summed E-state index contributed by atoms with van der Waals surface area (Å²) in [5.41, 5.74) is 1.57. The Hall–Kier alpha value is -2.97. The van der Waals surface area contributed by atoms with Gasteiger partial charge < -0.3 is 19.7 Å². The molecule has 0 aliphatic carbocycles. The molecule has 1 aliphatic rings. The molecule has 0 bridgehead atoms. The van der Waals surface area contributed by atoms with Crippen molar-refractivity contribution in [1.82, 2.24) is 9.80 Å². The molecule has 1 aliphatic heterocycles. The van der Waals surface area contributed by atoms with Crippen LogP contribution in [0.4, 0.5) is 10.1 Å². The van der Waals surface area contributed by atoms with Crippen LogP contribution in [0.5, 0.6) is 5.75 Å². The van der Waals surface area contributed by atoms with Crippen molar-refractivity contribution in [1.29, 1.82) is 0 Å². The minimum Gasteiger partial charge on any atom is -0.491 e. The van der Waals surface area contributed by atoms with E-state index >= 15 is 0 Å². The molecule has 0 saturated carbocycles. The topological polar surface area (TPSA) is 71.1 Å². The van der Waals surface area contributed by atoms with Gasteiger partial charge in [0.25, 0.3) is 5.91 Å². The summed E-state index contributed by atoms with van der Waals surface area (Å²) in [6.45, 7) is 7.26. The number of methoxy groups -OCH3 is 1. The van der Waals surface area contributed by atoms with Crippen LogP contribution in [0.2, 0.25) is 0 Å². The number of anilines is 1. The van der Waals surface area contributed by atoms with E-state index in [0.717, 1.165) is 0 Å². The zero-order valence-corrected chi connectivity index (χ0v) is 20.5. The fraction of sp³-hybridized carbons (Fsp3) is 0.462. The molecular weight excluding hydrogens is 437 g/mol. The highest BCUT2D eigenvalue weighted by molar-refractivity contribution is 5.98. The van der Waals surface area contributed by atoms with E-state index in [9.17, 15) is 14.0 Å². The Bertz CT molecular complexity index is 1020. The number of carbonyl (C=O) groups excluding carboxylic acids is 2. The summed E-state index contributed by atoms with van der Waals surface area (Å²) in [6.07, 6.45) is -0.202. The Morgan fingerprint density at radius 3 is 2.62 bits per heavy atom. The van der Waals surface area contributed by atoms with Gasteiger partial charge in [0, 0.05) is 64.1 Å². The van der Waals surface area contributed by atoms with Gasteiger partial charge >= 0.3 is 0 Å². The number of carbonyl (C=O) groups is 2. The second-order valence-electron chi connectivity index (χ2n) is 9.01. The number of rotatable bonds is 4. The van der Waals surface area contributed by atoms with Crippen LogP contribution in [-0.4, -0.2) is 67.6 Å². The van der Waals surface area contributed by atoms with Crippen LogP contribution in [0, 0.1) is 11.7 Å². The van der Waals surface area contributed by atoms with Gasteiger partial charge in [0.1, 0.15) is 18.2 Å². The van der Waals surface area contributed by atoms with Gasteiger partial charge in [-0.25, -0.2) is 4.39 Å². The maximum Gasteiger partial charge on any atom is 0.257 e. The molecule has 0 radical (unpaired) electrons. The van der Waals surface area contributed by atoms with Crippen molar-refractivity contribution in [3.05, 3.63) is 59.4 Å². The highest BCUT2D eigenvalue weighted by Crippen LogP contribution is 2.27. The molecule has 2 aromatic rings. The van der Waals surface area contributed by atoms with Crippen molar-refractivity contribution in [2.75, 3.05) is 39.2 Å². The summed E-state index contributed by atoms with van der Waals surface area (Å²) in [5, 5.41) is 2.73. The number of benzene rings is 2. The van der Waals surface area contributed by atoms with Crippen LogP contribution >= 0.6 is 0 Å². The van der Waals surface area contributed by atoms with E-state index in [0.29, 0.717) is 42.2 Å². The van der Waals surface area contributed by atoms with Gasteiger partial charge in [-0.05, 0) is 31.0 Å². The Morgan fingerprint density at radius 2 is 1.94 bits per heavy atom. The molecule has 0 unspecified atom stereocenters. The Balaban J connectivity index is 1.96. The zero-order chi connectivity index (χ0) is 24.8. The van der Waals surface area contributed by atoms with Gasteiger partial charge in [0.05, 0.1) is 11.7 Å². The van der Waals surface area contributed by atoms with E-state index in [1.807, 2.05) is 13.0 Å². The van der Waals surface area contributed by atoms with Crippen molar-refractivity contribution in [2.45, 2.75) is 39.5 Å². The molecule has 0 fully saturated rings. The van der Waals surface area contributed by atoms with Crippen LogP contribution in [-0.2, 0) is 16.1 Å². The highest BCUT2D eigenvalue weighted by atomic mass is 19.1. The summed E-state index contributed by atoms with van der Waals surface area (Å²) < 4.78 is 26.3. The first-order chi connectivity index (χ1) is 16.2. The van der Waals surface area contributed by atoms with Crippen molar-refractivity contribution in [2.24, 2.45) is 5.92 Å². The number of fused-ring (bicyclic) bond motifs is 1. The number of halogens is 1. The molecule has 2 aromatic carbocycles. The number of amides is 2. The number of likely N-dealkylation sites (N-methyl/N-ethyl adjacent to an activating group) is 1. The number of hydrogen-bond acceptors (Lipinski definition) is 5. The van der Waals surface area contributed by atoms with Gasteiger partial charge in [-0.1, -0.05) is 25.1 Å². The summed E-state index contributed by atoms with van der Waals surface area (Å²) >= 11 is 0. The lowest BCUT2D eigenvalue weighted by atomic mass is 10.0. The average molecular weight is 472 g/mol. The quantitative estimate of drug-likeness (QED) is 0.735. The van der Waals surface area contributed by atoms with Gasteiger partial charge in [-0.2, -0.15) is 0 Å². The number of nitrogens with one attached hydrogen (secondary N) is 1. The van der Waals surface area contributed by atoms with Crippen LogP contribution in [0.25, 0.3) is 0 Å². The molecule has 1 heterocycles. The second kappa shape index (κ2) is 11.4. The Labute approximate surface area is 200 Å². The van der Waals surface area contributed by atoms with E-state index in [1.54, 1.807) is 49.4 Å². The molecule has 7 nitrogen and oxygen atoms in total. The molecule has 2 amide bonds. The third-order valence-electron chi connectivity index (χ3n) is 6.23. The predicted octanol–water partition coefficient (Wildman–Crippen LogP) is 3.79. The first-order valence-corrected chi connectivity index (χ1v) is 11.5. The van der Waals surface area contributed by atoms with Crippen LogP contribution < -0.4 is 10.1 Å². The lowest BCUT2D eigenvalue weighted by Crippen LogP contribution is -2.46. The lowest BCUT2D eigenvalue weighted by molar-refractivity contribution is -0.114. The molecular formula is C26H34FN3O4. The minimum absolute atomic E-state index is 0.0792. The molecule has 0 aromatic heterocycles. The van der Waals surface area contributed by atoms with Crippen LogP contribution in [0.3, 0.4) is 0 Å². The van der Waals surface area contributed by atoms with E-state index in [4.69, 9.17) is 9.47 Å². The molecule has 3 atom stereocenters. The Morgan fingerprint density at radius 1 is 1.21 bits per heavy atom. The number of hydrogen-bond donors (Lipinski definition) is 1. The van der Waals surface area contributed by atoms with Gasteiger partial charge in [-0.3, -0.25) is 14.5 Å². The van der Waals surface area contributed by atoms with Crippen molar-refractivity contribution >= 4 is 17.5 Å². The second-order valence-corrected chi connectivity index (χ2v) is 9.01. The summed E-state index contributed by atoms with van der Waals surface area (Å²) in [4.78, 5) is 28.6. The monoisotopic (exact) mass is 471 g/mol. The molecule has 8 heteroatoms. The van der Waals surface area contributed by atoms with Crippen molar-refractivity contribution in [3.8, 4) is 5.75 Å². The van der Waals surface area contributed by atoms with Crippen LogP contribution in [0.1, 0.15) is 36.7 Å². The third-order valence-corrected chi connectivity index (χ3v) is 6.23. The minimum atomic E-state index is -0.242. The normalized spacial score (nSPS) is 22.2. The first kappa shape index (κ1) is 25.6. The highest BCUT2D eigenvalue weighted by Gasteiger charge is 2.28. The van der Waals surface area contributed by atoms with Crippen molar-refractivity contribution in [3.63, 3.8) is 0 Å². The standard InChI is InChI=1S/C26H34FN3O4/c1-17-13-30(14-20-8-6-7-9-23(20)27)18(2)16-34-24-12-21(28-19(3)31)10-11-22(24)26(32)29(4)15-25(17)33-5/h6-12,17-18,25H,13-16H2,1-5H3,(H,28,31)/t17-,18-,25-/m1/s1. The van der Waals surface area contributed by atoms with E-state index in [-0.39, 0.29) is 42.3 Å². The fourth-order valence-electron chi connectivity index (χ4n) is 4.19. The predicted molar refractivity (Wildman–Crippen MR) is 129 cm³/mol. The number of ether oxygens (including phenoxy) is 2. The van der Waals surface area contributed by atoms with Gasteiger partial charge in [0.15, 0.2) is 0 Å². The molecule has 1 N–H and O–H groups in total. The molecule has 0 saturated heterocycles. The summed E-state index contributed by atoms with van der Waals surface area (Å²) in [7, 11) is 3.38. The summed E-state index contributed by atoms with van der Waals surface area (Å²) in [6, 6.07) is 11.7. The molecule has 3 rings (SSSR count). The third kappa shape index (κ3) is 6.33. The Kier molecular flexibility index (Phi) is 8.63. The lowest BCUT2D eigenvalue weighted by Gasteiger charge is -2.36. The molecule has 34 heavy (non-hydrogen) atoms. The SMILES string of the molecule is CO[C@@H]1CN(C)C(=O)c2ccc(NC(C)=O)cc2OC[C@@H](C)N(Cc2ccccc2F)C[C@H]1C. The van der Waals surface area contributed by atoms with Crippen LogP contribution in [0.15, 0.2) is 42.5 Å². The van der Waals surface area contributed by atoms with E-state index in [1.165, 1.54) is 13.0 Å². The zero-order valence-electron chi connectivity index (χ0n) is 20.5. The maximum absolute atomic E-state index is 14.4. The molecule has 184 valence electrons. The van der Waals surface area contributed by atoms with E-state index < -0.39 is 0 Å². The average Bonchev–Trinajstić information content (AvgIpc) is 2.80. The summed E-state index contributed by atoms with van der Waals surface area (Å²) in [5.74, 6) is -0.167.